The van der Waals surface area contributed by atoms with Gasteiger partial charge in [0.1, 0.15) is 0 Å². The molecule has 0 aromatic heterocycles. The summed E-state index contributed by atoms with van der Waals surface area (Å²) in [6, 6.07) is 25.4. The van der Waals surface area contributed by atoms with Crippen LogP contribution in [0.25, 0.3) is 0 Å². The van der Waals surface area contributed by atoms with Crippen molar-refractivity contribution in [2.24, 2.45) is 0 Å². The summed E-state index contributed by atoms with van der Waals surface area (Å²) >= 11 is 0. The maximum atomic E-state index is 10.2. The minimum atomic E-state index is -5.01. The van der Waals surface area contributed by atoms with Crippen LogP contribution in [-0.4, -0.2) is 14.7 Å². The molecule has 138 valence electrons. The van der Waals surface area contributed by atoms with Gasteiger partial charge >= 0.3 is 152 Å². The fourth-order valence-corrected chi connectivity index (χ4v) is 6.37. The molecule has 0 heterocycles. The molecular weight excluding hydrogens is 374 g/mol. The Morgan fingerprint density at radius 1 is 0.462 bits per heavy atom. The summed E-state index contributed by atoms with van der Waals surface area (Å²) in [5, 5.41) is 0. The van der Waals surface area contributed by atoms with E-state index in [-0.39, 0.29) is 0 Å². The zero-order valence-electron chi connectivity index (χ0n) is 13.7. The first-order chi connectivity index (χ1) is 12.5. The van der Waals surface area contributed by atoms with Gasteiger partial charge in [-0.25, -0.2) is 0 Å². The van der Waals surface area contributed by atoms with E-state index < -0.39 is 15.3 Å². The second kappa shape index (κ2) is 8.00. The maximum absolute atomic E-state index is 10.2. The molecule has 8 heteroatoms. The van der Waals surface area contributed by atoms with Gasteiger partial charge in [0.2, 0.25) is 0 Å². The van der Waals surface area contributed by atoms with Crippen LogP contribution >= 0.6 is 15.3 Å². The van der Waals surface area contributed by atoms with Gasteiger partial charge in [0, 0.05) is 0 Å². The average molecular weight is 394 g/mol. The van der Waals surface area contributed by atoms with Crippen LogP contribution < -0.4 is 13.6 Å². The Balaban J connectivity index is 2.04. The van der Waals surface area contributed by atoms with Gasteiger partial charge in [0.25, 0.3) is 0 Å². The summed E-state index contributed by atoms with van der Waals surface area (Å²) in [5.41, 5.74) is 0. The topological polar surface area (TPSA) is 88.4 Å². The third-order valence-electron chi connectivity index (χ3n) is 3.40. The van der Waals surface area contributed by atoms with Crippen LogP contribution in [0.2, 0.25) is 0 Å². The molecule has 0 aliphatic carbocycles. The second-order valence-electron chi connectivity index (χ2n) is 5.44. The van der Waals surface area contributed by atoms with E-state index in [1.807, 2.05) is 0 Å². The predicted molar refractivity (Wildman–Crippen MR) is 104 cm³/mol. The van der Waals surface area contributed by atoms with E-state index in [0.717, 1.165) is 0 Å². The van der Waals surface area contributed by atoms with E-state index >= 15 is 0 Å². The van der Waals surface area contributed by atoms with E-state index in [1.165, 1.54) is 0 Å². The molecule has 0 aliphatic heterocycles. The van der Waals surface area contributed by atoms with Gasteiger partial charge in [-0.05, 0) is 0 Å². The first-order valence-electron chi connectivity index (χ1n) is 7.88. The molecule has 6 nitrogen and oxygen atoms in total. The summed E-state index contributed by atoms with van der Waals surface area (Å²) < 4.78 is 17.3. The van der Waals surface area contributed by atoms with Crippen LogP contribution in [0.1, 0.15) is 0 Å². The standard InChI is InChI=1S/C18H20O6P2/c19-25(20,21)26(22-16-10-4-1-5-11-16,23-17-12-6-2-7-13-17)24-18-14-8-3-9-15-18/h1-15,19-21,25-26H. The van der Waals surface area contributed by atoms with Crippen LogP contribution in [0.15, 0.2) is 91.0 Å². The summed E-state index contributed by atoms with van der Waals surface area (Å²) in [6.45, 7) is 0. The van der Waals surface area contributed by atoms with Gasteiger partial charge < -0.3 is 0 Å². The van der Waals surface area contributed by atoms with Crippen molar-refractivity contribution in [3.8, 4) is 17.2 Å². The van der Waals surface area contributed by atoms with E-state index in [2.05, 4.69) is 0 Å². The minimum absolute atomic E-state index is 0.292. The summed E-state index contributed by atoms with van der Waals surface area (Å²) in [5.74, 6) is 0.875. The van der Waals surface area contributed by atoms with Crippen molar-refractivity contribution in [3.63, 3.8) is 0 Å². The molecule has 0 unspecified atom stereocenters. The molecule has 0 saturated carbocycles. The van der Waals surface area contributed by atoms with E-state index in [0.29, 0.717) is 17.2 Å². The molecule has 0 spiro atoms. The number of rotatable bonds is 7. The molecule has 3 N–H and O–H groups in total. The third kappa shape index (κ3) is 4.50. The van der Waals surface area contributed by atoms with Gasteiger partial charge in [-0.15, -0.1) is 0 Å². The molecule has 0 saturated heterocycles. The summed E-state index contributed by atoms with van der Waals surface area (Å²) in [4.78, 5) is 30.7. The molecule has 0 fully saturated rings. The Morgan fingerprint density at radius 2 is 0.731 bits per heavy atom. The Bertz CT molecular complexity index is 708. The van der Waals surface area contributed by atoms with Crippen molar-refractivity contribution in [1.29, 1.82) is 0 Å². The van der Waals surface area contributed by atoms with Gasteiger partial charge in [-0.3, -0.25) is 0 Å². The number of hydrogen-bond acceptors (Lipinski definition) is 6. The molecule has 3 aromatic carbocycles. The normalized spacial score (nSPS) is 12.9. The zero-order valence-corrected chi connectivity index (χ0v) is 15.7. The fourth-order valence-electron chi connectivity index (χ4n) is 2.20. The van der Waals surface area contributed by atoms with E-state index in [9.17, 15) is 14.7 Å². The Labute approximate surface area is 152 Å². The van der Waals surface area contributed by atoms with E-state index in [1.54, 1.807) is 91.0 Å². The third-order valence-corrected chi connectivity index (χ3v) is 9.12. The fraction of sp³-hybridized carbons (Fsp3) is 0. The number of hydrogen-bond donors (Lipinski definition) is 3. The van der Waals surface area contributed by atoms with Crippen LogP contribution in [0.3, 0.4) is 0 Å². The van der Waals surface area contributed by atoms with Gasteiger partial charge in [-0.1, -0.05) is 0 Å². The molecule has 0 radical (unpaired) electrons. The molecule has 0 amide bonds. The van der Waals surface area contributed by atoms with Gasteiger partial charge in [0.05, 0.1) is 0 Å². The Hall–Kier alpha value is -2.20. The number of para-hydroxylation sites is 3. The van der Waals surface area contributed by atoms with Crippen LogP contribution in [0.4, 0.5) is 0 Å². The van der Waals surface area contributed by atoms with Crippen molar-refractivity contribution in [2.75, 3.05) is 0 Å². The van der Waals surface area contributed by atoms with Crippen molar-refractivity contribution in [3.05, 3.63) is 91.0 Å². The molecule has 0 aliphatic rings. The molecule has 26 heavy (non-hydrogen) atoms. The van der Waals surface area contributed by atoms with Crippen molar-refractivity contribution >= 4 is 15.3 Å². The monoisotopic (exact) mass is 394 g/mol. The molecule has 0 atom stereocenters. The molecule has 0 bridgehead atoms. The average Bonchev–Trinajstić information content (AvgIpc) is 2.63. The summed E-state index contributed by atoms with van der Waals surface area (Å²) in [7, 11) is -9.43. The van der Waals surface area contributed by atoms with Crippen LogP contribution in [0, 0.1) is 0 Å². The van der Waals surface area contributed by atoms with Crippen molar-refractivity contribution in [2.45, 2.75) is 0 Å². The van der Waals surface area contributed by atoms with Gasteiger partial charge in [-0.2, -0.15) is 0 Å². The Kier molecular flexibility index (Phi) is 5.72. The predicted octanol–water partition coefficient (Wildman–Crippen LogP) is 4.11. The van der Waals surface area contributed by atoms with E-state index in [4.69, 9.17) is 13.6 Å². The molecule has 3 aromatic rings. The zero-order chi connectivity index (χ0) is 18.5. The first-order valence-corrected chi connectivity index (χ1v) is 12.4. The quantitative estimate of drug-likeness (QED) is 0.523. The molecular formula is C18H20O6P2. The van der Waals surface area contributed by atoms with Crippen molar-refractivity contribution < 1.29 is 28.3 Å². The van der Waals surface area contributed by atoms with Crippen LogP contribution in [-0.2, 0) is 0 Å². The first kappa shape index (κ1) is 18.6. The van der Waals surface area contributed by atoms with Gasteiger partial charge in [0.15, 0.2) is 0 Å². The van der Waals surface area contributed by atoms with Crippen molar-refractivity contribution in [1.82, 2.24) is 0 Å². The summed E-state index contributed by atoms with van der Waals surface area (Å²) in [6.07, 6.45) is 0. The number of benzene rings is 3. The second-order valence-corrected chi connectivity index (χ2v) is 12.3. The SMILES string of the molecule is O[PH](O)(O)[PH](Oc1ccccc1)(Oc1ccccc1)Oc1ccccc1. The van der Waals surface area contributed by atoms with Crippen LogP contribution in [0.5, 0.6) is 17.2 Å². The molecule has 3 rings (SSSR count). The Morgan fingerprint density at radius 3 is 0.962 bits per heavy atom.